The van der Waals surface area contributed by atoms with Crippen LogP contribution in [-0.4, -0.2) is 65.9 Å². The first-order chi connectivity index (χ1) is 14.0. The standard InChI is InChI=1S/C22H38N4O2S/c1-5-23-22(25-19-11-9-12-20(16-19)29(27)6-2)24-17-18-10-7-8-13-21(18)28-15-14-26(3)4/h7-8,10,13,19-20H,5-6,9,11-12,14-17H2,1-4H3,(H2,23,24,25). The Balaban J connectivity index is 1.99. The fraction of sp³-hybridized carbons (Fsp3) is 0.682. The molecule has 29 heavy (non-hydrogen) atoms. The molecular formula is C22H38N4O2S. The third kappa shape index (κ3) is 8.34. The molecule has 2 rings (SSSR count). The van der Waals surface area contributed by atoms with Gasteiger partial charge >= 0.3 is 0 Å². The van der Waals surface area contributed by atoms with Crippen molar-refractivity contribution in [2.24, 2.45) is 4.99 Å². The maximum Gasteiger partial charge on any atom is 0.191 e. The first kappa shape index (κ1) is 23.7. The number of hydrogen-bond donors (Lipinski definition) is 2. The molecule has 2 N–H and O–H groups in total. The lowest BCUT2D eigenvalue weighted by Gasteiger charge is -2.30. The normalized spacial score (nSPS) is 21.1. The Bertz CT molecular complexity index is 666. The highest BCUT2D eigenvalue weighted by Gasteiger charge is 2.26. The molecule has 0 spiro atoms. The average Bonchev–Trinajstić information content (AvgIpc) is 2.72. The summed E-state index contributed by atoms with van der Waals surface area (Å²) in [6.45, 7) is 6.99. The van der Waals surface area contributed by atoms with Gasteiger partial charge in [-0.2, -0.15) is 0 Å². The van der Waals surface area contributed by atoms with Crippen molar-refractivity contribution in [3.8, 4) is 5.75 Å². The molecule has 3 unspecified atom stereocenters. The van der Waals surface area contributed by atoms with Gasteiger partial charge in [-0.1, -0.05) is 31.5 Å². The average molecular weight is 423 g/mol. The van der Waals surface area contributed by atoms with Crippen LogP contribution in [0.25, 0.3) is 0 Å². The van der Waals surface area contributed by atoms with Crippen LogP contribution in [0.3, 0.4) is 0 Å². The van der Waals surface area contributed by atoms with Crippen molar-refractivity contribution in [2.75, 3.05) is 39.5 Å². The number of hydrogen-bond acceptors (Lipinski definition) is 4. The minimum Gasteiger partial charge on any atom is -0.492 e. The van der Waals surface area contributed by atoms with Gasteiger partial charge in [-0.05, 0) is 46.3 Å². The lowest BCUT2D eigenvalue weighted by atomic mass is 9.95. The van der Waals surface area contributed by atoms with Gasteiger partial charge in [0, 0.05) is 46.5 Å². The number of nitrogens with one attached hydrogen (secondary N) is 2. The van der Waals surface area contributed by atoms with Gasteiger partial charge in [0.2, 0.25) is 0 Å². The van der Waals surface area contributed by atoms with Gasteiger partial charge in [0.15, 0.2) is 5.96 Å². The van der Waals surface area contributed by atoms with Crippen molar-refractivity contribution in [2.45, 2.75) is 57.4 Å². The molecule has 0 aliphatic heterocycles. The molecule has 6 nitrogen and oxygen atoms in total. The Labute approximate surface area is 179 Å². The summed E-state index contributed by atoms with van der Waals surface area (Å²) in [6.07, 6.45) is 4.25. The predicted octanol–water partition coefficient (Wildman–Crippen LogP) is 2.76. The van der Waals surface area contributed by atoms with Crippen molar-refractivity contribution in [3.63, 3.8) is 0 Å². The second kappa shape index (κ2) is 12.9. The van der Waals surface area contributed by atoms with E-state index < -0.39 is 10.8 Å². The van der Waals surface area contributed by atoms with Gasteiger partial charge in [0.1, 0.15) is 12.4 Å². The van der Waals surface area contributed by atoms with Crippen LogP contribution in [0.5, 0.6) is 5.75 Å². The molecule has 1 aliphatic carbocycles. The van der Waals surface area contributed by atoms with Crippen LogP contribution < -0.4 is 15.4 Å². The van der Waals surface area contributed by atoms with Crippen LogP contribution in [0.4, 0.5) is 0 Å². The fourth-order valence-corrected chi connectivity index (χ4v) is 4.89. The molecular weight excluding hydrogens is 384 g/mol. The molecule has 0 amide bonds. The Hall–Kier alpha value is -1.60. The molecule has 0 aromatic heterocycles. The van der Waals surface area contributed by atoms with Crippen LogP contribution in [0, 0.1) is 0 Å². The molecule has 0 bridgehead atoms. The van der Waals surface area contributed by atoms with Gasteiger partial charge in [0.05, 0.1) is 6.54 Å². The number of likely N-dealkylation sites (N-methyl/N-ethyl adjacent to an activating group) is 1. The zero-order valence-electron chi connectivity index (χ0n) is 18.4. The first-order valence-electron chi connectivity index (χ1n) is 10.8. The third-order valence-corrected chi connectivity index (χ3v) is 6.88. The summed E-state index contributed by atoms with van der Waals surface area (Å²) < 4.78 is 18.2. The summed E-state index contributed by atoms with van der Waals surface area (Å²) in [6, 6.07) is 8.42. The second-order valence-electron chi connectivity index (χ2n) is 7.75. The number of rotatable bonds is 10. The summed E-state index contributed by atoms with van der Waals surface area (Å²) in [7, 11) is 3.37. The van der Waals surface area contributed by atoms with Crippen molar-refractivity contribution >= 4 is 16.8 Å². The number of benzene rings is 1. The van der Waals surface area contributed by atoms with E-state index in [-0.39, 0.29) is 0 Å². The Kier molecular flexibility index (Phi) is 10.5. The molecule has 1 saturated carbocycles. The summed E-state index contributed by atoms with van der Waals surface area (Å²) in [4.78, 5) is 6.91. The van der Waals surface area contributed by atoms with Gasteiger partial charge in [-0.3, -0.25) is 4.21 Å². The Morgan fingerprint density at radius 2 is 2.07 bits per heavy atom. The largest absolute Gasteiger partial charge is 0.492 e. The predicted molar refractivity (Wildman–Crippen MR) is 123 cm³/mol. The number of guanidine groups is 1. The molecule has 0 radical (unpaired) electrons. The maximum absolute atomic E-state index is 12.2. The molecule has 164 valence electrons. The molecule has 7 heteroatoms. The van der Waals surface area contributed by atoms with Crippen molar-refractivity contribution in [1.82, 2.24) is 15.5 Å². The SMILES string of the molecule is CCNC(=NCc1ccccc1OCCN(C)C)NC1CCCC(S(=O)CC)C1. The highest BCUT2D eigenvalue weighted by Crippen LogP contribution is 2.23. The summed E-state index contributed by atoms with van der Waals surface area (Å²) in [5, 5.41) is 7.23. The van der Waals surface area contributed by atoms with E-state index >= 15 is 0 Å². The van der Waals surface area contributed by atoms with Crippen LogP contribution in [0.1, 0.15) is 45.1 Å². The number of aliphatic imine (C=N–C) groups is 1. The van der Waals surface area contributed by atoms with E-state index in [1.54, 1.807) is 0 Å². The van der Waals surface area contributed by atoms with E-state index in [0.717, 1.165) is 61.8 Å². The zero-order chi connectivity index (χ0) is 21.1. The smallest absolute Gasteiger partial charge is 0.191 e. The topological polar surface area (TPSA) is 66.0 Å². The van der Waals surface area contributed by atoms with E-state index in [1.165, 1.54) is 0 Å². The van der Waals surface area contributed by atoms with Crippen molar-refractivity contribution in [3.05, 3.63) is 29.8 Å². The molecule has 3 atom stereocenters. The van der Waals surface area contributed by atoms with Crippen LogP contribution in [0.15, 0.2) is 29.3 Å². The molecule has 1 fully saturated rings. The molecule has 1 aliphatic rings. The lowest BCUT2D eigenvalue weighted by molar-refractivity contribution is 0.259. The monoisotopic (exact) mass is 422 g/mol. The van der Waals surface area contributed by atoms with Crippen LogP contribution in [-0.2, 0) is 17.3 Å². The lowest BCUT2D eigenvalue weighted by Crippen LogP contribution is -2.46. The van der Waals surface area contributed by atoms with Gasteiger partial charge in [0.25, 0.3) is 0 Å². The second-order valence-corrected chi connectivity index (χ2v) is 9.76. The maximum atomic E-state index is 12.2. The van der Waals surface area contributed by atoms with Gasteiger partial charge in [-0.25, -0.2) is 4.99 Å². The summed E-state index contributed by atoms with van der Waals surface area (Å²) in [5.74, 6) is 2.46. The fourth-order valence-electron chi connectivity index (χ4n) is 3.54. The summed E-state index contributed by atoms with van der Waals surface area (Å²) in [5.41, 5.74) is 1.08. The highest BCUT2D eigenvalue weighted by molar-refractivity contribution is 7.85. The first-order valence-corrected chi connectivity index (χ1v) is 12.2. The van der Waals surface area contributed by atoms with E-state index in [4.69, 9.17) is 9.73 Å². The quantitative estimate of drug-likeness (QED) is 0.448. The minimum absolute atomic E-state index is 0.306. The molecule has 1 aromatic rings. The summed E-state index contributed by atoms with van der Waals surface area (Å²) >= 11 is 0. The zero-order valence-corrected chi connectivity index (χ0v) is 19.3. The van der Waals surface area contributed by atoms with Crippen LogP contribution >= 0.6 is 0 Å². The molecule has 1 aromatic carbocycles. The van der Waals surface area contributed by atoms with Crippen LogP contribution in [0.2, 0.25) is 0 Å². The van der Waals surface area contributed by atoms with Gasteiger partial charge in [-0.15, -0.1) is 0 Å². The molecule has 0 heterocycles. The van der Waals surface area contributed by atoms with Crippen molar-refractivity contribution in [1.29, 1.82) is 0 Å². The van der Waals surface area contributed by atoms with E-state index in [9.17, 15) is 4.21 Å². The minimum atomic E-state index is -0.716. The van der Waals surface area contributed by atoms with E-state index in [1.807, 2.05) is 39.2 Å². The van der Waals surface area contributed by atoms with E-state index in [2.05, 4.69) is 28.5 Å². The Morgan fingerprint density at radius 3 is 2.79 bits per heavy atom. The number of nitrogens with zero attached hydrogens (tertiary/aromatic N) is 2. The Morgan fingerprint density at radius 1 is 1.28 bits per heavy atom. The number of ether oxygens (including phenoxy) is 1. The number of para-hydroxylation sites is 1. The highest BCUT2D eigenvalue weighted by atomic mass is 32.2. The third-order valence-electron chi connectivity index (χ3n) is 5.14. The van der Waals surface area contributed by atoms with E-state index in [0.29, 0.717) is 24.4 Å². The van der Waals surface area contributed by atoms with Gasteiger partial charge < -0.3 is 20.3 Å². The van der Waals surface area contributed by atoms with Crippen molar-refractivity contribution < 1.29 is 8.95 Å². The molecule has 0 saturated heterocycles.